The Hall–Kier alpha value is -2.69. The number of ether oxygens (including phenoxy) is 2. The van der Waals surface area contributed by atoms with Crippen LogP contribution in [-0.4, -0.2) is 19.6 Å². The van der Waals surface area contributed by atoms with Crippen LogP contribution in [0.2, 0.25) is 0 Å². The summed E-state index contributed by atoms with van der Waals surface area (Å²) in [7, 11) is 1.56. The molecule has 2 aromatic rings. The van der Waals surface area contributed by atoms with Gasteiger partial charge in [0.15, 0.2) is 6.61 Å². The molecule has 5 heteroatoms. The third-order valence-electron chi connectivity index (χ3n) is 2.88. The molecule has 2 rings (SSSR count). The van der Waals surface area contributed by atoms with Crippen molar-refractivity contribution in [1.82, 2.24) is 0 Å². The Labute approximate surface area is 123 Å². The van der Waals surface area contributed by atoms with Crippen molar-refractivity contribution < 1.29 is 14.3 Å². The molecule has 0 aromatic heterocycles. The third-order valence-corrected chi connectivity index (χ3v) is 2.88. The highest BCUT2D eigenvalue weighted by atomic mass is 16.5. The number of rotatable bonds is 5. The lowest BCUT2D eigenvalue weighted by Crippen LogP contribution is -2.20. The van der Waals surface area contributed by atoms with Crippen LogP contribution in [0.15, 0.2) is 42.5 Å². The minimum atomic E-state index is -0.254. The first-order valence-electron chi connectivity index (χ1n) is 6.51. The largest absolute Gasteiger partial charge is 0.495 e. The quantitative estimate of drug-likeness (QED) is 0.829. The van der Waals surface area contributed by atoms with Gasteiger partial charge in [-0.1, -0.05) is 6.07 Å². The van der Waals surface area contributed by atoms with E-state index in [1.807, 2.05) is 25.1 Å². The molecular weight excluding hydrogens is 268 g/mol. The Morgan fingerprint density at radius 2 is 1.90 bits per heavy atom. The fraction of sp³-hybridized carbons (Fsp3) is 0.188. The van der Waals surface area contributed by atoms with E-state index in [2.05, 4.69) is 5.32 Å². The molecule has 0 spiro atoms. The highest BCUT2D eigenvalue weighted by molar-refractivity contribution is 5.93. The summed E-state index contributed by atoms with van der Waals surface area (Å²) < 4.78 is 10.6. The number of aryl methyl sites for hydroxylation is 1. The number of nitrogens with one attached hydrogen (secondary N) is 1. The number of anilines is 2. The summed E-state index contributed by atoms with van der Waals surface area (Å²) in [6, 6.07) is 12.4. The third kappa shape index (κ3) is 4.14. The second-order valence-corrected chi connectivity index (χ2v) is 4.61. The molecule has 110 valence electrons. The molecule has 1 amide bonds. The second kappa shape index (κ2) is 6.65. The highest BCUT2D eigenvalue weighted by Crippen LogP contribution is 2.25. The maximum Gasteiger partial charge on any atom is 0.262 e. The molecule has 0 aliphatic heterocycles. The van der Waals surface area contributed by atoms with E-state index < -0.39 is 0 Å². The standard InChI is InChI=1S/C16H18N2O3/c1-11-3-8-15(20-2)14(9-11)18-16(19)10-21-13-6-4-12(17)5-7-13/h3-9H,10,17H2,1-2H3,(H,18,19). The molecule has 0 atom stereocenters. The number of hydrogen-bond donors (Lipinski definition) is 2. The molecule has 0 saturated heterocycles. The molecule has 0 aliphatic rings. The van der Waals surface area contributed by atoms with E-state index in [4.69, 9.17) is 15.2 Å². The predicted octanol–water partition coefficient (Wildman–Crippen LogP) is 2.60. The summed E-state index contributed by atoms with van der Waals surface area (Å²) in [4.78, 5) is 11.9. The molecule has 21 heavy (non-hydrogen) atoms. The first kappa shape index (κ1) is 14.7. The minimum Gasteiger partial charge on any atom is -0.495 e. The van der Waals surface area contributed by atoms with Gasteiger partial charge in [-0.25, -0.2) is 0 Å². The van der Waals surface area contributed by atoms with Crippen molar-refractivity contribution >= 4 is 17.3 Å². The minimum absolute atomic E-state index is 0.0823. The Balaban J connectivity index is 1.95. The summed E-state index contributed by atoms with van der Waals surface area (Å²) in [6.07, 6.45) is 0. The van der Waals surface area contributed by atoms with E-state index >= 15 is 0 Å². The number of carbonyl (C=O) groups excluding carboxylic acids is 1. The zero-order chi connectivity index (χ0) is 15.2. The molecule has 0 radical (unpaired) electrons. The van der Waals surface area contributed by atoms with Gasteiger partial charge in [0, 0.05) is 5.69 Å². The molecule has 0 heterocycles. The number of hydrogen-bond acceptors (Lipinski definition) is 4. The summed E-state index contributed by atoms with van der Waals surface area (Å²) in [6.45, 7) is 1.86. The van der Waals surface area contributed by atoms with Gasteiger partial charge in [0.25, 0.3) is 5.91 Å². The maximum atomic E-state index is 11.9. The van der Waals surface area contributed by atoms with Gasteiger partial charge in [0.1, 0.15) is 11.5 Å². The Morgan fingerprint density at radius 1 is 1.19 bits per heavy atom. The fourth-order valence-electron chi connectivity index (χ4n) is 1.82. The SMILES string of the molecule is COc1ccc(C)cc1NC(=O)COc1ccc(N)cc1. The van der Waals surface area contributed by atoms with Gasteiger partial charge < -0.3 is 20.5 Å². The lowest BCUT2D eigenvalue weighted by molar-refractivity contribution is -0.118. The van der Waals surface area contributed by atoms with Crippen LogP contribution < -0.4 is 20.5 Å². The summed E-state index contributed by atoms with van der Waals surface area (Å²) >= 11 is 0. The first-order chi connectivity index (χ1) is 10.1. The number of benzene rings is 2. The van der Waals surface area contributed by atoms with Gasteiger partial charge in [0.05, 0.1) is 12.8 Å². The summed E-state index contributed by atoms with van der Waals surface area (Å²) in [5.41, 5.74) is 7.89. The predicted molar refractivity (Wildman–Crippen MR) is 82.7 cm³/mol. The van der Waals surface area contributed by atoms with Crippen LogP contribution in [0.3, 0.4) is 0 Å². The topological polar surface area (TPSA) is 73.6 Å². The van der Waals surface area contributed by atoms with Crippen LogP contribution in [-0.2, 0) is 4.79 Å². The van der Waals surface area contributed by atoms with Crippen molar-refractivity contribution in [3.05, 3.63) is 48.0 Å². The van der Waals surface area contributed by atoms with E-state index in [0.29, 0.717) is 22.9 Å². The summed E-state index contributed by atoms with van der Waals surface area (Å²) in [5.74, 6) is 0.952. The van der Waals surface area contributed by atoms with Crippen LogP contribution in [0.25, 0.3) is 0 Å². The highest BCUT2D eigenvalue weighted by Gasteiger charge is 2.08. The number of nitrogen functional groups attached to an aromatic ring is 1. The summed E-state index contributed by atoms with van der Waals surface area (Å²) in [5, 5.41) is 2.77. The van der Waals surface area contributed by atoms with Crippen LogP contribution >= 0.6 is 0 Å². The molecule has 0 bridgehead atoms. The van der Waals surface area contributed by atoms with Crippen LogP contribution in [0.4, 0.5) is 11.4 Å². The Bertz CT molecular complexity index is 624. The fourth-order valence-corrected chi connectivity index (χ4v) is 1.82. The monoisotopic (exact) mass is 286 g/mol. The van der Waals surface area contributed by atoms with Crippen molar-refractivity contribution in [1.29, 1.82) is 0 Å². The van der Waals surface area contributed by atoms with Gasteiger partial charge in [-0.15, -0.1) is 0 Å². The molecule has 0 unspecified atom stereocenters. The van der Waals surface area contributed by atoms with E-state index in [0.717, 1.165) is 5.56 Å². The van der Waals surface area contributed by atoms with Gasteiger partial charge in [-0.05, 0) is 48.9 Å². The van der Waals surface area contributed by atoms with Crippen LogP contribution in [0, 0.1) is 6.92 Å². The number of nitrogens with two attached hydrogens (primary N) is 1. The molecule has 0 fully saturated rings. The van der Waals surface area contributed by atoms with Crippen LogP contribution in [0.5, 0.6) is 11.5 Å². The van der Waals surface area contributed by atoms with Crippen molar-refractivity contribution in [2.45, 2.75) is 6.92 Å². The lowest BCUT2D eigenvalue weighted by Gasteiger charge is -2.11. The number of carbonyl (C=O) groups is 1. The van der Waals surface area contributed by atoms with E-state index in [1.165, 1.54) is 0 Å². The Kier molecular flexibility index (Phi) is 4.66. The molecule has 2 aromatic carbocycles. The van der Waals surface area contributed by atoms with Gasteiger partial charge in [-0.3, -0.25) is 4.79 Å². The molecule has 0 saturated carbocycles. The lowest BCUT2D eigenvalue weighted by atomic mass is 10.2. The van der Waals surface area contributed by atoms with Crippen molar-refractivity contribution in [2.75, 3.05) is 24.8 Å². The van der Waals surface area contributed by atoms with Gasteiger partial charge in [0.2, 0.25) is 0 Å². The first-order valence-corrected chi connectivity index (χ1v) is 6.51. The van der Waals surface area contributed by atoms with Crippen molar-refractivity contribution in [3.63, 3.8) is 0 Å². The van der Waals surface area contributed by atoms with E-state index in [9.17, 15) is 4.79 Å². The molecular formula is C16H18N2O3. The zero-order valence-electron chi connectivity index (χ0n) is 12.1. The second-order valence-electron chi connectivity index (χ2n) is 4.61. The van der Waals surface area contributed by atoms with E-state index in [1.54, 1.807) is 31.4 Å². The van der Waals surface area contributed by atoms with Crippen molar-refractivity contribution in [3.8, 4) is 11.5 Å². The van der Waals surface area contributed by atoms with Crippen molar-refractivity contribution in [2.24, 2.45) is 0 Å². The van der Waals surface area contributed by atoms with E-state index in [-0.39, 0.29) is 12.5 Å². The molecule has 0 aliphatic carbocycles. The normalized spacial score (nSPS) is 10.0. The van der Waals surface area contributed by atoms with Gasteiger partial charge in [-0.2, -0.15) is 0 Å². The van der Waals surface area contributed by atoms with Crippen LogP contribution in [0.1, 0.15) is 5.56 Å². The number of methoxy groups -OCH3 is 1. The Morgan fingerprint density at radius 3 is 2.57 bits per heavy atom. The maximum absolute atomic E-state index is 11.9. The zero-order valence-corrected chi connectivity index (χ0v) is 12.1. The molecule has 3 N–H and O–H groups in total. The number of amides is 1. The van der Waals surface area contributed by atoms with Gasteiger partial charge >= 0.3 is 0 Å². The molecule has 5 nitrogen and oxygen atoms in total. The average molecular weight is 286 g/mol. The average Bonchev–Trinajstić information content (AvgIpc) is 2.47. The smallest absolute Gasteiger partial charge is 0.262 e.